The largest absolute Gasteiger partial charge is 0.504 e. The van der Waals surface area contributed by atoms with Gasteiger partial charge in [-0.15, -0.1) is 0 Å². The zero-order valence-corrected chi connectivity index (χ0v) is 14.2. The standard InChI is InChI=1S/C17H16N4O3S/c1-2-24-14-5-3-4-11(15(14)22)9-18-21-16(23)10-6-7-12-13(8-10)20-17(25)19-12/h3-9,22H,2H2,1H3,(H,21,23)(H2,19,20,25)/b18-9-. The van der Waals surface area contributed by atoms with Crippen LogP contribution in [0.15, 0.2) is 41.5 Å². The van der Waals surface area contributed by atoms with Crippen LogP contribution in [0.3, 0.4) is 0 Å². The summed E-state index contributed by atoms with van der Waals surface area (Å²) in [6.45, 7) is 2.27. The van der Waals surface area contributed by atoms with Crippen molar-refractivity contribution in [1.29, 1.82) is 0 Å². The maximum Gasteiger partial charge on any atom is 0.271 e. The summed E-state index contributed by atoms with van der Waals surface area (Å²) in [6, 6.07) is 10.2. The molecule has 4 N–H and O–H groups in total. The Morgan fingerprint density at radius 2 is 2.12 bits per heavy atom. The highest BCUT2D eigenvalue weighted by molar-refractivity contribution is 7.71. The first-order chi connectivity index (χ1) is 12.1. The molecule has 0 aliphatic heterocycles. The normalized spacial score (nSPS) is 11.1. The second-order valence-electron chi connectivity index (χ2n) is 5.17. The number of H-pyrrole nitrogens is 2. The molecule has 0 aliphatic carbocycles. The Morgan fingerprint density at radius 1 is 1.32 bits per heavy atom. The van der Waals surface area contributed by atoms with E-state index in [0.29, 0.717) is 28.3 Å². The zero-order valence-electron chi connectivity index (χ0n) is 13.4. The first kappa shape index (κ1) is 16.7. The number of aromatic amines is 2. The molecule has 0 radical (unpaired) electrons. The highest BCUT2D eigenvalue weighted by atomic mass is 32.1. The number of nitrogens with zero attached hydrogens (tertiary/aromatic N) is 1. The van der Waals surface area contributed by atoms with Crippen LogP contribution in [0.2, 0.25) is 0 Å². The third kappa shape index (κ3) is 3.69. The van der Waals surface area contributed by atoms with E-state index in [4.69, 9.17) is 17.0 Å². The Hall–Kier alpha value is -3.13. The van der Waals surface area contributed by atoms with Gasteiger partial charge in [0.25, 0.3) is 5.91 Å². The molecular weight excluding hydrogens is 340 g/mol. The van der Waals surface area contributed by atoms with E-state index in [1.165, 1.54) is 6.21 Å². The van der Waals surface area contributed by atoms with Crippen molar-refractivity contribution in [2.24, 2.45) is 5.10 Å². The molecule has 1 aromatic heterocycles. The summed E-state index contributed by atoms with van der Waals surface area (Å²) in [6.07, 6.45) is 1.36. The lowest BCUT2D eigenvalue weighted by Gasteiger charge is -2.07. The van der Waals surface area contributed by atoms with Crippen LogP contribution >= 0.6 is 12.2 Å². The number of nitrogens with one attached hydrogen (secondary N) is 3. The number of phenols is 1. The Morgan fingerprint density at radius 3 is 2.92 bits per heavy atom. The quantitative estimate of drug-likeness (QED) is 0.320. The number of rotatable bonds is 5. The van der Waals surface area contributed by atoms with Crippen molar-refractivity contribution in [3.8, 4) is 11.5 Å². The first-order valence-electron chi connectivity index (χ1n) is 7.58. The number of imidazole rings is 1. The van der Waals surface area contributed by atoms with Crippen LogP contribution in [-0.2, 0) is 0 Å². The second kappa shape index (κ2) is 7.18. The number of hydrazone groups is 1. The number of amides is 1. The number of ether oxygens (including phenoxy) is 1. The minimum Gasteiger partial charge on any atom is -0.504 e. The van der Waals surface area contributed by atoms with E-state index < -0.39 is 0 Å². The molecule has 0 atom stereocenters. The Labute approximate surface area is 148 Å². The van der Waals surface area contributed by atoms with E-state index in [2.05, 4.69) is 20.5 Å². The molecule has 128 valence electrons. The van der Waals surface area contributed by atoms with Crippen LogP contribution in [0.25, 0.3) is 11.0 Å². The molecule has 7 nitrogen and oxygen atoms in total. The Kier molecular flexibility index (Phi) is 4.80. The van der Waals surface area contributed by atoms with Crippen molar-refractivity contribution >= 4 is 35.4 Å². The van der Waals surface area contributed by atoms with Crippen molar-refractivity contribution in [1.82, 2.24) is 15.4 Å². The predicted molar refractivity (Wildman–Crippen MR) is 97.8 cm³/mol. The zero-order chi connectivity index (χ0) is 17.8. The SMILES string of the molecule is CCOc1cccc(/C=N\NC(=O)c2ccc3[nH]c(=S)[nH]c3c2)c1O. The van der Waals surface area contributed by atoms with Crippen molar-refractivity contribution in [3.63, 3.8) is 0 Å². The highest BCUT2D eigenvalue weighted by Crippen LogP contribution is 2.28. The molecule has 8 heteroatoms. The topological polar surface area (TPSA) is 102 Å². The van der Waals surface area contributed by atoms with Gasteiger partial charge in [-0.1, -0.05) is 6.07 Å². The molecule has 3 aromatic rings. The van der Waals surface area contributed by atoms with Crippen LogP contribution in [0.5, 0.6) is 11.5 Å². The van der Waals surface area contributed by atoms with Gasteiger partial charge in [-0.3, -0.25) is 4.79 Å². The number of benzene rings is 2. The van der Waals surface area contributed by atoms with Gasteiger partial charge in [0.2, 0.25) is 0 Å². The summed E-state index contributed by atoms with van der Waals surface area (Å²) in [5.41, 5.74) is 4.86. The van der Waals surface area contributed by atoms with E-state index in [1.54, 1.807) is 36.4 Å². The molecule has 0 unspecified atom stereocenters. The maximum atomic E-state index is 12.2. The molecule has 0 spiro atoms. The molecule has 0 saturated carbocycles. The molecule has 0 fully saturated rings. The van der Waals surface area contributed by atoms with Gasteiger partial charge in [-0.2, -0.15) is 5.10 Å². The number of hydrogen-bond acceptors (Lipinski definition) is 5. The molecule has 25 heavy (non-hydrogen) atoms. The van der Waals surface area contributed by atoms with Gasteiger partial charge in [0.05, 0.1) is 23.9 Å². The predicted octanol–water partition coefficient (Wildman–Crippen LogP) is 3.09. The summed E-state index contributed by atoms with van der Waals surface area (Å²) >= 11 is 5.02. The van der Waals surface area contributed by atoms with Gasteiger partial charge in [-0.25, -0.2) is 5.43 Å². The molecule has 1 amide bonds. The van der Waals surface area contributed by atoms with Gasteiger partial charge in [-0.05, 0) is 49.5 Å². The fourth-order valence-electron chi connectivity index (χ4n) is 2.31. The molecule has 0 saturated heterocycles. The van der Waals surface area contributed by atoms with Crippen LogP contribution in [0.4, 0.5) is 0 Å². The fourth-order valence-corrected chi connectivity index (χ4v) is 2.53. The van der Waals surface area contributed by atoms with E-state index in [9.17, 15) is 9.90 Å². The summed E-state index contributed by atoms with van der Waals surface area (Å²) in [5.74, 6) is -0.0336. The molecule has 0 bridgehead atoms. The number of para-hydroxylation sites is 1. The molecule has 1 heterocycles. The lowest BCUT2D eigenvalue weighted by atomic mass is 10.2. The average molecular weight is 356 g/mol. The van der Waals surface area contributed by atoms with Crippen LogP contribution in [0.1, 0.15) is 22.8 Å². The number of hydrogen-bond donors (Lipinski definition) is 4. The summed E-state index contributed by atoms with van der Waals surface area (Å²) in [4.78, 5) is 18.1. The second-order valence-corrected chi connectivity index (χ2v) is 5.57. The number of carbonyl (C=O) groups excluding carboxylic acids is 1. The first-order valence-corrected chi connectivity index (χ1v) is 7.99. The number of phenolic OH excluding ortho intramolecular Hbond substituents is 1. The van der Waals surface area contributed by atoms with Gasteiger partial charge in [0.15, 0.2) is 16.3 Å². The van der Waals surface area contributed by atoms with E-state index in [1.807, 2.05) is 6.92 Å². The summed E-state index contributed by atoms with van der Waals surface area (Å²) in [7, 11) is 0. The lowest BCUT2D eigenvalue weighted by molar-refractivity contribution is 0.0955. The lowest BCUT2D eigenvalue weighted by Crippen LogP contribution is -2.17. The van der Waals surface area contributed by atoms with Crippen LogP contribution in [-0.4, -0.2) is 33.8 Å². The number of carbonyl (C=O) groups is 1. The third-order valence-corrected chi connectivity index (χ3v) is 3.68. The molecule has 2 aromatic carbocycles. The van der Waals surface area contributed by atoms with Crippen molar-refractivity contribution in [2.45, 2.75) is 6.92 Å². The summed E-state index contributed by atoms with van der Waals surface area (Å²) < 4.78 is 5.80. The van der Waals surface area contributed by atoms with Gasteiger partial charge < -0.3 is 19.8 Å². The van der Waals surface area contributed by atoms with Gasteiger partial charge >= 0.3 is 0 Å². The smallest absolute Gasteiger partial charge is 0.271 e. The monoisotopic (exact) mass is 356 g/mol. The average Bonchev–Trinajstić information content (AvgIpc) is 2.97. The van der Waals surface area contributed by atoms with E-state index in [-0.39, 0.29) is 11.7 Å². The number of aromatic hydroxyl groups is 1. The molecular formula is C17H16N4O3S. The van der Waals surface area contributed by atoms with E-state index >= 15 is 0 Å². The van der Waals surface area contributed by atoms with Gasteiger partial charge in [0, 0.05) is 11.1 Å². The van der Waals surface area contributed by atoms with Crippen LogP contribution < -0.4 is 10.2 Å². The van der Waals surface area contributed by atoms with Crippen molar-refractivity contribution in [2.75, 3.05) is 6.61 Å². The van der Waals surface area contributed by atoms with Crippen molar-refractivity contribution < 1.29 is 14.6 Å². The maximum absolute atomic E-state index is 12.2. The van der Waals surface area contributed by atoms with E-state index in [0.717, 1.165) is 11.0 Å². The number of fused-ring (bicyclic) bond motifs is 1. The highest BCUT2D eigenvalue weighted by Gasteiger charge is 2.08. The molecule has 0 aliphatic rings. The third-order valence-electron chi connectivity index (χ3n) is 3.48. The van der Waals surface area contributed by atoms with Crippen molar-refractivity contribution in [3.05, 3.63) is 52.3 Å². The van der Waals surface area contributed by atoms with Crippen LogP contribution in [0, 0.1) is 4.77 Å². The molecule has 3 rings (SSSR count). The van der Waals surface area contributed by atoms with Gasteiger partial charge in [0.1, 0.15) is 0 Å². The minimum atomic E-state index is -0.376. The number of aromatic nitrogens is 2. The fraction of sp³-hybridized carbons (Fsp3) is 0.118. The Balaban J connectivity index is 1.73. The minimum absolute atomic E-state index is 0.0244. The Bertz CT molecular complexity index is 1010. The summed E-state index contributed by atoms with van der Waals surface area (Å²) in [5, 5.41) is 14.0.